The molecule has 0 saturated heterocycles. The molecule has 1 heterocycles. The molecule has 4 heteroatoms. The molecular formula is C14H18F2N2. The number of imidazole rings is 1. The van der Waals surface area contributed by atoms with E-state index in [0.717, 1.165) is 37.6 Å². The van der Waals surface area contributed by atoms with E-state index in [-0.39, 0.29) is 0 Å². The van der Waals surface area contributed by atoms with E-state index in [1.54, 1.807) is 0 Å². The van der Waals surface area contributed by atoms with E-state index in [9.17, 15) is 8.78 Å². The molecule has 0 bridgehead atoms. The quantitative estimate of drug-likeness (QED) is 0.832. The molecule has 98 valence electrons. The molecule has 1 aromatic heterocycles. The first-order valence-electron chi connectivity index (χ1n) is 6.50. The van der Waals surface area contributed by atoms with Gasteiger partial charge in [0.25, 0.3) is 0 Å². The Hall–Kier alpha value is -1.45. The number of benzene rings is 1. The molecule has 1 N–H and O–H groups in total. The number of H-pyrrole nitrogens is 1. The summed E-state index contributed by atoms with van der Waals surface area (Å²) in [4.78, 5) is 7.48. The van der Waals surface area contributed by atoms with Gasteiger partial charge in [0.15, 0.2) is 11.6 Å². The van der Waals surface area contributed by atoms with Gasteiger partial charge >= 0.3 is 0 Å². The molecular weight excluding hydrogens is 234 g/mol. The van der Waals surface area contributed by atoms with Crippen molar-refractivity contribution in [3.05, 3.63) is 29.6 Å². The summed E-state index contributed by atoms with van der Waals surface area (Å²) in [6.45, 7) is 4.25. The fraction of sp³-hybridized carbons (Fsp3) is 0.500. The molecule has 2 nitrogen and oxygen atoms in total. The van der Waals surface area contributed by atoms with E-state index in [0.29, 0.717) is 17.0 Å². The predicted octanol–water partition coefficient (Wildman–Crippen LogP) is 4.52. The lowest BCUT2D eigenvalue weighted by atomic mass is 9.99. The summed E-state index contributed by atoms with van der Waals surface area (Å²) in [6.07, 6.45) is 4.31. The first-order chi connectivity index (χ1) is 8.65. The molecule has 2 aromatic rings. The Balaban J connectivity index is 2.33. The van der Waals surface area contributed by atoms with Crippen LogP contribution in [-0.2, 0) is 0 Å². The maximum absolute atomic E-state index is 13.1. The lowest BCUT2D eigenvalue weighted by Gasteiger charge is -2.10. The standard InChI is InChI=1S/C14H18F2N2/c1-3-5-6-9(4-2)14-17-12-7-10(15)11(16)8-13(12)18-14/h7-9H,3-6H2,1-2H3,(H,17,18). The Morgan fingerprint density at radius 3 is 2.61 bits per heavy atom. The highest BCUT2D eigenvalue weighted by Crippen LogP contribution is 2.26. The molecule has 18 heavy (non-hydrogen) atoms. The number of nitrogens with zero attached hydrogens (tertiary/aromatic N) is 1. The monoisotopic (exact) mass is 252 g/mol. The number of aromatic nitrogens is 2. The Morgan fingerprint density at radius 2 is 1.94 bits per heavy atom. The van der Waals surface area contributed by atoms with Crippen molar-refractivity contribution in [3.8, 4) is 0 Å². The van der Waals surface area contributed by atoms with Gasteiger partial charge in [0.2, 0.25) is 0 Å². The van der Waals surface area contributed by atoms with E-state index in [1.165, 1.54) is 6.07 Å². The molecule has 1 atom stereocenters. The first-order valence-corrected chi connectivity index (χ1v) is 6.50. The molecule has 0 radical (unpaired) electrons. The summed E-state index contributed by atoms with van der Waals surface area (Å²) in [5.41, 5.74) is 1.07. The number of halogens is 2. The zero-order chi connectivity index (χ0) is 13.1. The lowest BCUT2D eigenvalue weighted by Crippen LogP contribution is -1.99. The molecule has 0 aliphatic carbocycles. The van der Waals surface area contributed by atoms with Crippen molar-refractivity contribution < 1.29 is 8.78 Å². The summed E-state index contributed by atoms with van der Waals surface area (Å²) in [5.74, 6) is -0.504. The van der Waals surface area contributed by atoms with Crippen LogP contribution in [0.1, 0.15) is 51.3 Å². The van der Waals surface area contributed by atoms with Crippen molar-refractivity contribution in [2.45, 2.75) is 45.4 Å². The third-order valence-electron chi connectivity index (χ3n) is 3.33. The maximum atomic E-state index is 13.1. The number of hydrogen-bond acceptors (Lipinski definition) is 1. The second-order valence-electron chi connectivity index (χ2n) is 4.65. The topological polar surface area (TPSA) is 28.7 Å². The maximum Gasteiger partial charge on any atom is 0.161 e. The molecule has 0 fully saturated rings. The van der Waals surface area contributed by atoms with Gasteiger partial charge in [-0.1, -0.05) is 26.7 Å². The van der Waals surface area contributed by atoms with Crippen molar-refractivity contribution in [1.82, 2.24) is 9.97 Å². The average molecular weight is 252 g/mol. The van der Waals surface area contributed by atoms with Gasteiger partial charge in [-0.25, -0.2) is 13.8 Å². The van der Waals surface area contributed by atoms with Crippen molar-refractivity contribution in [1.29, 1.82) is 0 Å². The number of fused-ring (bicyclic) bond motifs is 1. The third-order valence-corrected chi connectivity index (χ3v) is 3.33. The Morgan fingerprint density at radius 1 is 1.22 bits per heavy atom. The predicted molar refractivity (Wildman–Crippen MR) is 68.6 cm³/mol. The van der Waals surface area contributed by atoms with E-state index in [1.807, 2.05) is 0 Å². The second-order valence-corrected chi connectivity index (χ2v) is 4.65. The number of nitrogens with one attached hydrogen (secondary N) is 1. The third kappa shape index (κ3) is 2.52. The minimum absolute atomic E-state index is 0.337. The number of hydrogen-bond donors (Lipinski definition) is 1. The first kappa shape index (κ1) is 13.0. The van der Waals surface area contributed by atoms with Crippen LogP contribution >= 0.6 is 0 Å². The van der Waals surface area contributed by atoms with Crippen LogP contribution in [0, 0.1) is 11.6 Å². The van der Waals surface area contributed by atoms with Crippen molar-refractivity contribution in [2.75, 3.05) is 0 Å². The average Bonchev–Trinajstić information content (AvgIpc) is 2.73. The number of aromatic amines is 1. The van der Waals surface area contributed by atoms with Gasteiger partial charge in [-0.3, -0.25) is 0 Å². The van der Waals surface area contributed by atoms with Gasteiger partial charge in [0.1, 0.15) is 5.82 Å². The van der Waals surface area contributed by atoms with Crippen LogP contribution in [0.2, 0.25) is 0 Å². The van der Waals surface area contributed by atoms with Crippen LogP contribution in [0.4, 0.5) is 8.78 Å². The minimum atomic E-state index is -0.845. The van der Waals surface area contributed by atoms with E-state index in [2.05, 4.69) is 23.8 Å². The molecule has 2 rings (SSSR count). The summed E-state index contributed by atoms with van der Waals surface area (Å²) >= 11 is 0. The summed E-state index contributed by atoms with van der Waals surface area (Å²) in [6, 6.07) is 2.32. The summed E-state index contributed by atoms with van der Waals surface area (Å²) < 4.78 is 26.2. The highest BCUT2D eigenvalue weighted by atomic mass is 19.2. The number of rotatable bonds is 5. The highest BCUT2D eigenvalue weighted by Gasteiger charge is 2.15. The van der Waals surface area contributed by atoms with Crippen LogP contribution < -0.4 is 0 Å². The Kier molecular flexibility index (Phi) is 3.94. The van der Waals surface area contributed by atoms with E-state index in [4.69, 9.17) is 0 Å². The zero-order valence-corrected chi connectivity index (χ0v) is 10.8. The van der Waals surface area contributed by atoms with Crippen molar-refractivity contribution in [3.63, 3.8) is 0 Å². The van der Waals surface area contributed by atoms with Gasteiger partial charge in [-0.15, -0.1) is 0 Å². The van der Waals surface area contributed by atoms with E-state index >= 15 is 0 Å². The Labute approximate surface area is 105 Å². The van der Waals surface area contributed by atoms with Crippen LogP contribution in [0.5, 0.6) is 0 Å². The fourth-order valence-electron chi connectivity index (χ4n) is 2.20. The number of unbranched alkanes of at least 4 members (excludes halogenated alkanes) is 1. The van der Waals surface area contributed by atoms with Gasteiger partial charge < -0.3 is 4.98 Å². The molecule has 0 spiro atoms. The van der Waals surface area contributed by atoms with Crippen LogP contribution in [0.25, 0.3) is 11.0 Å². The summed E-state index contributed by atoms with van der Waals surface area (Å²) in [5, 5.41) is 0. The van der Waals surface area contributed by atoms with Gasteiger partial charge in [-0.2, -0.15) is 0 Å². The molecule has 1 aromatic carbocycles. The largest absolute Gasteiger partial charge is 0.342 e. The summed E-state index contributed by atoms with van der Waals surface area (Å²) in [7, 11) is 0. The zero-order valence-electron chi connectivity index (χ0n) is 10.8. The molecule has 0 aliphatic rings. The van der Waals surface area contributed by atoms with Crippen LogP contribution in [0.15, 0.2) is 12.1 Å². The smallest absolute Gasteiger partial charge is 0.161 e. The van der Waals surface area contributed by atoms with Crippen molar-refractivity contribution >= 4 is 11.0 Å². The molecule has 1 unspecified atom stereocenters. The molecule has 0 amide bonds. The fourth-order valence-corrected chi connectivity index (χ4v) is 2.20. The molecule has 0 saturated carbocycles. The van der Waals surface area contributed by atoms with Gasteiger partial charge in [-0.05, 0) is 12.8 Å². The van der Waals surface area contributed by atoms with Crippen molar-refractivity contribution in [2.24, 2.45) is 0 Å². The minimum Gasteiger partial charge on any atom is -0.342 e. The lowest BCUT2D eigenvalue weighted by molar-refractivity contribution is 0.510. The van der Waals surface area contributed by atoms with Gasteiger partial charge in [0, 0.05) is 18.1 Å². The normalized spacial score (nSPS) is 13.1. The SMILES string of the molecule is CCCCC(CC)c1nc2cc(F)c(F)cc2[nH]1. The Bertz CT molecular complexity index is 495. The van der Waals surface area contributed by atoms with Crippen LogP contribution in [0.3, 0.4) is 0 Å². The molecule has 0 aliphatic heterocycles. The highest BCUT2D eigenvalue weighted by molar-refractivity contribution is 5.75. The van der Waals surface area contributed by atoms with Gasteiger partial charge in [0.05, 0.1) is 11.0 Å². The second kappa shape index (κ2) is 5.46. The van der Waals surface area contributed by atoms with E-state index < -0.39 is 11.6 Å². The van der Waals surface area contributed by atoms with Crippen LogP contribution in [-0.4, -0.2) is 9.97 Å².